The molecule has 1 heterocycles. The summed E-state index contributed by atoms with van der Waals surface area (Å²) in [6.07, 6.45) is 1.07. The monoisotopic (exact) mass is 410 g/mol. The molecule has 3 aromatic rings. The third-order valence-corrected chi connectivity index (χ3v) is 5.04. The van der Waals surface area contributed by atoms with E-state index in [0.29, 0.717) is 10.9 Å². The average molecular weight is 410 g/mol. The van der Waals surface area contributed by atoms with Gasteiger partial charge >= 0.3 is 5.97 Å². The van der Waals surface area contributed by atoms with Gasteiger partial charge in [-0.1, -0.05) is 43.3 Å². The highest BCUT2D eigenvalue weighted by Crippen LogP contribution is 2.25. The number of carbonyl (C=O) groups is 2. The van der Waals surface area contributed by atoms with Crippen LogP contribution in [0.1, 0.15) is 18.1 Å². The van der Waals surface area contributed by atoms with Gasteiger partial charge in [0.15, 0.2) is 11.7 Å². The molecule has 3 rings (SSSR count). The number of nitrogens with one attached hydrogen (secondary N) is 1. The normalized spacial score (nSPS) is 10.4. The fraction of sp³-hybridized carbons (Fsp3) is 0.227. The van der Waals surface area contributed by atoms with Gasteiger partial charge in [0.2, 0.25) is 0 Å². The lowest BCUT2D eigenvalue weighted by molar-refractivity contribution is -0.146. The van der Waals surface area contributed by atoms with Crippen molar-refractivity contribution in [2.24, 2.45) is 0 Å². The maximum Gasteiger partial charge on any atom is 0.310 e. The van der Waals surface area contributed by atoms with Crippen molar-refractivity contribution < 1.29 is 19.1 Å². The molecule has 0 fully saturated rings. The maximum absolute atomic E-state index is 12.0. The third kappa shape index (κ3) is 5.89. The molecule has 0 spiro atoms. The molecule has 0 unspecified atom stereocenters. The zero-order valence-electron chi connectivity index (χ0n) is 16.3. The van der Waals surface area contributed by atoms with Crippen molar-refractivity contribution in [3.63, 3.8) is 0 Å². The van der Waals surface area contributed by atoms with Crippen molar-refractivity contribution in [2.45, 2.75) is 19.8 Å². The summed E-state index contributed by atoms with van der Waals surface area (Å²) >= 11 is 1.33. The highest BCUT2D eigenvalue weighted by molar-refractivity contribution is 7.14. The van der Waals surface area contributed by atoms with Gasteiger partial charge < -0.3 is 9.47 Å². The highest BCUT2D eigenvalue weighted by Gasteiger charge is 2.11. The van der Waals surface area contributed by atoms with Crippen molar-refractivity contribution >= 4 is 28.3 Å². The van der Waals surface area contributed by atoms with E-state index in [-0.39, 0.29) is 13.0 Å². The minimum atomic E-state index is -0.471. The average Bonchev–Trinajstić information content (AvgIpc) is 3.21. The van der Waals surface area contributed by atoms with Crippen molar-refractivity contribution in [1.29, 1.82) is 0 Å². The molecular weight excluding hydrogens is 388 g/mol. The predicted molar refractivity (Wildman–Crippen MR) is 113 cm³/mol. The smallest absolute Gasteiger partial charge is 0.310 e. The van der Waals surface area contributed by atoms with E-state index in [1.807, 2.05) is 17.5 Å². The molecule has 1 N–H and O–H groups in total. The summed E-state index contributed by atoms with van der Waals surface area (Å²) in [5.74, 6) is -0.179. The second kappa shape index (κ2) is 9.84. The largest absolute Gasteiger partial charge is 0.497 e. The van der Waals surface area contributed by atoms with Crippen LogP contribution in [0.2, 0.25) is 0 Å². The van der Waals surface area contributed by atoms with E-state index >= 15 is 0 Å². The fourth-order valence-electron chi connectivity index (χ4n) is 2.64. The first-order valence-electron chi connectivity index (χ1n) is 9.20. The summed E-state index contributed by atoms with van der Waals surface area (Å²) in [7, 11) is 1.58. The molecule has 1 amide bonds. The minimum Gasteiger partial charge on any atom is -0.497 e. The lowest BCUT2D eigenvalue weighted by Crippen LogP contribution is -2.21. The van der Waals surface area contributed by atoms with Gasteiger partial charge in [-0.15, -0.1) is 11.3 Å². The number of hydrogen-bond donors (Lipinski definition) is 1. The lowest BCUT2D eigenvalue weighted by Gasteiger charge is -2.05. The molecule has 150 valence electrons. The number of carbonyl (C=O) groups excluding carboxylic acids is 2. The van der Waals surface area contributed by atoms with Crippen molar-refractivity contribution in [2.75, 3.05) is 19.0 Å². The minimum absolute atomic E-state index is 0.0897. The number of anilines is 1. The fourth-order valence-corrected chi connectivity index (χ4v) is 3.37. The van der Waals surface area contributed by atoms with Gasteiger partial charge in [-0.3, -0.25) is 14.9 Å². The Bertz CT molecular complexity index is 965. The SMILES string of the molecule is CCc1ccc(-c2csc(NC(=O)COC(=O)Cc3ccc(OC)cc3)n2)cc1. The summed E-state index contributed by atoms with van der Waals surface area (Å²) < 4.78 is 10.1. The third-order valence-electron chi connectivity index (χ3n) is 4.28. The summed E-state index contributed by atoms with van der Waals surface area (Å²) in [5.41, 5.74) is 3.83. The predicted octanol–water partition coefficient (Wildman–Crippen LogP) is 4.11. The highest BCUT2D eigenvalue weighted by atomic mass is 32.1. The maximum atomic E-state index is 12.0. The number of benzene rings is 2. The van der Waals surface area contributed by atoms with Crippen LogP contribution in [0.15, 0.2) is 53.9 Å². The van der Waals surface area contributed by atoms with Crippen LogP contribution in [0.3, 0.4) is 0 Å². The zero-order valence-corrected chi connectivity index (χ0v) is 17.1. The number of hydrogen-bond acceptors (Lipinski definition) is 6. The quantitative estimate of drug-likeness (QED) is 0.566. The molecule has 0 aliphatic heterocycles. The Morgan fingerprint density at radius 1 is 1.03 bits per heavy atom. The summed E-state index contributed by atoms with van der Waals surface area (Å²) in [4.78, 5) is 28.4. The molecule has 0 atom stereocenters. The van der Waals surface area contributed by atoms with Crippen LogP contribution in [-0.4, -0.2) is 30.6 Å². The van der Waals surface area contributed by atoms with Gasteiger partial charge in [-0.05, 0) is 29.7 Å². The Morgan fingerprint density at radius 3 is 2.38 bits per heavy atom. The number of thiazole rings is 1. The van der Waals surface area contributed by atoms with Crippen LogP contribution >= 0.6 is 11.3 Å². The zero-order chi connectivity index (χ0) is 20.6. The topological polar surface area (TPSA) is 77.5 Å². The Hall–Kier alpha value is -3.19. The number of methoxy groups -OCH3 is 1. The number of aryl methyl sites for hydroxylation is 1. The molecule has 6 nitrogen and oxygen atoms in total. The van der Waals surface area contributed by atoms with E-state index in [0.717, 1.165) is 23.2 Å². The lowest BCUT2D eigenvalue weighted by atomic mass is 10.1. The van der Waals surface area contributed by atoms with Gasteiger partial charge in [-0.2, -0.15) is 0 Å². The molecule has 29 heavy (non-hydrogen) atoms. The van der Waals surface area contributed by atoms with Gasteiger partial charge in [0, 0.05) is 10.9 Å². The van der Waals surface area contributed by atoms with E-state index in [2.05, 4.69) is 29.4 Å². The van der Waals surface area contributed by atoms with Crippen LogP contribution < -0.4 is 10.1 Å². The number of aromatic nitrogens is 1. The van der Waals surface area contributed by atoms with Crippen molar-refractivity contribution in [1.82, 2.24) is 4.98 Å². The molecule has 0 bridgehead atoms. The number of amides is 1. The molecule has 2 aromatic carbocycles. The van der Waals surface area contributed by atoms with E-state index in [4.69, 9.17) is 9.47 Å². The molecule has 1 aromatic heterocycles. The molecule has 0 saturated carbocycles. The molecular formula is C22H22N2O4S. The summed E-state index contributed by atoms with van der Waals surface area (Å²) in [6.45, 7) is 1.75. The Labute approximate surface area is 173 Å². The van der Waals surface area contributed by atoms with Crippen LogP contribution in [0, 0.1) is 0 Å². The van der Waals surface area contributed by atoms with E-state index in [1.54, 1.807) is 31.4 Å². The Balaban J connectivity index is 1.47. The van der Waals surface area contributed by atoms with Crippen LogP contribution in [0.5, 0.6) is 5.75 Å². The second-order valence-corrected chi connectivity index (χ2v) is 7.18. The van der Waals surface area contributed by atoms with Crippen LogP contribution in [0.4, 0.5) is 5.13 Å². The van der Waals surface area contributed by atoms with Gasteiger partial charge in [-0.25, -0.2) is 4.98 Å². The molecule has 0 radical (unpaired) electrons. The number of esters is 1. The first kappa shape index (κ1) is 20.5. The standard InChI is InChI=1S/C22H22N2O4S/c1-3-15-4-8-17(9-5-15)19-14-29-22(23-19)24-20(25)13-28-21(26)12-16-6-10-18(27-2)11-7-16/h4-11,14H,3,12-13H2,1-2H3,(H,23,24,25). The van der Waals surface area contributed by atoms with Gasteiger partial charge in [0.25, 0.3) is 5.91 Å². The van der Waals surface area contributed by atoms with Crippen molar-refractivity contribution in [3.8, 4) is 17.0 Å². The first-order chi connectivity index (χ1) is 14.1. The second-order valence-electron chi connectivity index (χ2n) is 6.32. The molecule has 7 heteroatoms. The Kier molecular flexibility index (Phi) is 6.97. The van der Waals surface area contributed by atoms with Crippen molar-refractivity contribution in [3.05, 3.63) is 65.0 Å². The molecule has 0 saturated heterocycles. The summed E-state index contributed by atoms with van der Waals surface area (Å²) in [6, 6.07) is 15.3. The first-order valence-corrected chi connectivity index (χ1v) is 10.1. The molecule has 0 aliphatic rings. The number of nitrogens with zero attached hydrogens (tertiary/aromatic N) is 1. The van der Waals surface area contributed by atoms with E-state index < -0.39 is 11.9 Å². The number of rotatable bonds is 8. The molecule has 0 aliphatic carbocycles. The van der Waals surface area contributed by atoms with E-state index in [1.165, 1.54) is 16.9 Å². The number of ether oxygens (including phenoxy) is 2. The van der Waals surface area contributed by atoms with Crippen LogP contribution in [0.25, 0.3) is 11.3 Å². The summed E-state index contributed by atoms with van der Waals surface area (Å²) in [5, 5.41) is 5.01. The van der Waals surface area contributed by atoms with E-state index in [9.17, 15) is 9.59 Å². The van der Waals surface area contributed by atoms with Gasteiger partial charge in [0.05, 0.1) is 19.2 Å². The van der Waals surface area contributed by atoms with Crippen LogP contribution in [-0.2, 0) is 27.2 Å². The van der Waals surface area contributed by atoms with Gasteiger partial charge in [0.1, 0.15) is 5.75 Å². The Morgan fingerprint density at radius 2 is 1.72 bits per heavy atom.